The molecule has 1 atom stereocenters. The van der Waals surface area contributed by atoms with Crippen LogP contribution in [0.3, 0.4) is 0 Å². The first-order valence-electron chi connectivity index (χ1n) is 5.72. The van der Waals surface area contributed by atoms with Gasteiger partial charge in [-0.3, -0.25) is 10.1 Å². The van der Waals surface area contributed by atoms with E-state index in [1.54, 1.807) is 6.20 Å². The van der Waals surface area contributed by atoms with Gasteiger partial charge in [0.15, 0.2) is 0 Å². The van der Waals surface area contributed by atoms with E-state index < -0.39 is 0 Å². The molecule has 0 aromatic carbocycles. The number of aromatic nitrogens is 2. The Labute approximate surface area is 95.2 Å². The number of rotatable bonds is 4. The van der Waals surface area contributed by atoms with Gasteiger partial charge in [0.2, 0.25) is 11.9 Å². The molecule has 2 rings (SSSR count). The van der Waals surface area contributed by atoms with E-state index in [9.17, 15) is 4.79 Å². The smallest absolute Gasteiger partial charge is 0.243 e. The van der Waals surface area contributed by atoms with E-state index in [0.717, 1.165) is 19.5 Å². The minimum Gasteiger partial charge on any atom is -0.317 e. The Kier molecular flexibility index (Phi) is 3.24. The van der Waals surface area contributed by atoms with Gasteiger partial charge < -0.3 is 9.88 Å². The molecule has 1 amide bonds. The summed E-state index contributed by atoms with van der Waals surface area (Å²) in [5.41, 5.74) is 0. The molecular weight excluding hydrogens is 204 g/mol. The number of imidazole rings is 1. The van der Waals surface area contributed by atoms with E-state index in [-0.39, 0.29) is 11.9 Å². The molecule has 0 aliphatic carbocycles. The third kappa shape index (κ3) is 2.41. The Hall–Kier alpha value is -1.36. The Morgan fingerprint density at radius 3 is 3.06 bits per heavy atom. The van der Waals surface area contributed by atoms with E-state index in [4.69, 9.17) is 0 Å². The maximum atomic E-state index is 11.7. The third-order valence-electron chi connectivity index (χ3n) is 2.65. The minimum absolute atomic E-state index is 0.0162. The highest BCUT2D eigenvalue weighted by Gasteiger charge is 2.25. The van der Waals surface area contributed by atoms with Gasteiger partial charge in [0, 0.05) is 18.9 Å². The standard InChI is InChI=1S/C11H18N4O/c1-8(2)7-15-6-5-13-11(15)14-10(16)9-3-4-12-9/h5-6,8-9,12H,3-4,7H2,1-2H3,(H,13,14,16)/t9-/m1/s1. The van der Waals surface area contributed by atoms with E-state index >= 15 is 0 Å². The SMILES string of the molecule is CC(C)Cn1ccnc1NC(=O)[C@H]1CCN1. The highest BCUT2D eigenvalue weighted by atomic mass is 16.2. The number of hydrogen-bond acceptors (Lipinski definition) is 3. The molecule has 2 heterocycles. The monoisotopic (exact) mass is 222 g/mol. The van der Waals surface area contributed by atoms with E-state index in [1.165, 1.54) is 0 Å². The minimum atomic E-state index is -0.0378. The van der Waals surface area contributed by atoms with Crippen molar-refractivity contribution >= 4 is 11.9 Å². The van der Waals surface area contributed by atoms with Crippen LogP contribution >= 0.6 is 0 Å². The number of nitrogens with one attached hydrogen (secondary N) is 2. The highest BCUT2D eigenvalue weighted by molar-refractivity contribution is 5.94. The molecule has 88 valence electrons. The molecule has 5 nitrogen and oxygen atoms in total. The second kappa shape index (κ2) is 4.65. The number of nitrogens with zero attached hydrogens (tertiary/aromatic N) is 2. The summed E-state index contributed by atoms with van der Waals surface area (Å²) in [4.78, 5) is 15.9. The summed E-state index contributed by atoms with van der Waals surface area (Å²) in [6.07, 6.45) is 4.52. The van der Waals surface area contributed by atoms with Crippen LogP contribution in [0, 0.1) is 5.92 Å². The number of carbonyl (C=O) groups is 1. The maximum Gasteiger partial charge on any atom is 0.243 e. The van der Waals surface area contributed by atoms with Crippen molar-refractivity contribution in [2.45, 2.75) is 32.9 Å². The topological polar surface area (TPSA) is 59.0 Å². The van der Waals surface area contributed by atoms with E-state index in [0.29, 0.717) is 11.9 Å². The fourth-order valence-electron chi connectivity index (χ4n) is 1.68. The lowest BCUT2D eigenvalue weighted by atomic mass is 10.1. The Balaban J connectivity index is 1.97. The number of anilines is 1. The third-order valence-corrected chi connectivity index (χ3v) is 2.65. The second-order valence-electron chi connectivity index (χ2n) is 4.58. The molecule has 1 aliphatic rings. The average molecular weight is 222 g/mol. The van der Waals surface area contributed by atoms with Crippen LogP contribution in [0.2, 0.25) is 0 Å². The molecule has 2 N–H and O–H groups in total. The van der Waals surface area contributed by atoms with Gasteiger partial charge in [-0.2, -0.15) is 0 Å². The van der Waals surface area contributed by atoms with Gasteiger partial charge in [-0.05, 0) is 18.9 Å². The highest BCUT2D eigenvalue weighted by Crippen LogP contribution is 2.10. The van der Waals surface area contributed by atoms with Crippen molar-refractivity contribution in [3.05, 3.63) is 12.4 Å². The predicted molar refractivity (Wildman–Crippen MR) is 62.1 cm³/mol. The van der Waals surface area contributed by atoms with Crippen LogP contribution < -0.4 is 10.6 Å². The molecule has 1 aromatic rings. The molecule has 0 bridgehead atoms. The fourth-order valence-corrected chi connectivity index (χ4v) is 1.68. The summed E-state index contributed by atoms with van der Waals surface area (Å²) >= 11 is 0. The normalized spacial score (nSPS) is 19.6. The largest absolute Gasteiger partial charge is 0.317 e. The Bertz CT molecular complexity index is 368. The van der Waals surface area contributed by atoms with Crippen LogP contribution in [0.25, 0.3) is 0 Å². The van der Waals surface area contributed by atoms with Crippen molar-refractivity contribution in [1.29, 1.82) is 0 Å². The predicted octanol–water partition coefficient (Wildman–Crippen LogP) is 0.839. The van der Waals surface area contributed by atoms with E-state index in [2.05, 4.69) is 29.5 Å². The lowest BCUT2D eigenvalue weighted by Gasteiger charge is -2.26. The first kappa shape index (κ1) is 11.1. The Morgan fingerprint density at radius 1 is 1.75 bits per heavy atom. The molecule has 1 saturated heterocycles. The zero-order chi connectivity index (χ0) is 11.5. The molecule has 16 heavy (non-hydrogen) atoms. The van der Waals surface area contributed by atoms with Gasteiger partial charge in [0.1, 0.15) is 0 Å². The van der Waals surface area contributed by atoms with Gasteiger partial charge in [-0.1, -0.05) is 13.8 Å². The van der Waals surface area contributed by atoms with Crippen molar-refractivity contribution in [2.75, 3.05) is 11.9 Å². The number of carbonyl (C=O) groups excluding carboxylic acids is 1. The summed E-state index contributed by atoms with van der Waals surface area (Å²) in [7, 11) is 0. The number of hydrogen-bond donors (Lipinski definition) is 2. The molecular formula is C11H18N4O. The summed E-state index contributed by atoms with van der Waals surface area (Å²) in [5, 5.41) is 5.92. The van der Waals surface area contributed by atoms with Crippen LogP contribution in [0.5, 0.6) is 0 Å². The van der Waals surface area contributed by atoms with Gasteiger partial charge in [-0.15, -0.1) is 0 Å². The zero-order valence-electron chi connectivity index (χ0n) is 9.73. The van der Waals surface area contributed by atoms with Crippen molar-refractivity contribution in [1.82, 2.24) is 14.9 Å². The van der Waals surface area contributed by atoms with Crippen molar-refractivity contribution in [3.8, 4) is 0 Å². The molecule has 0 radical (unpaired) electrons. The quantitative estimate of drug-likeness (QED) is 0.793. The molecule has 0 spiro atoms. The maximum absolute atomic E-state index is 11.7. The fraction of sp³-hybridized carbons (Fsp3) is 0.636. The summed E-state index contributed by atoms with van der Waals surface area (Å²) in [6.45, 7) is 6.07. The van der Waals surface area contributed by atoms with Gasteiger partial charge >= 0.3 is 0 Å². The first-order chi connectivity index (χ1) is 7.66. The molecule has 0 saturated carbocycles. The van der Waals surface area contributed by atoms with Crippen LogP contribution in [-0.2, 0) is 11.3 Å². The van der Waals surface area contributed by atoms with E-state index in [1.807, 2.05) is 10.8 Å². The summed E-state index contributed by atoms with van der Waals surface area (Å²) in [6, 6.07) is -0.0378. The van der Waals surface area contributed by atoms with Crippen molar-refractivity contribution < 1.29 is 4.79 Å². The first-order valence-corrected chi connectivity index (χ1v) is 5.72. The van der Waals surface area contributed by atoms with Crippen LogP contribution in [0.15, 0.2) is 12.4 Å². The van der Waals surface area contributed by atoms with Crippen LogP contribution in [0.1, 0.15) is 20.3 Å². The Morgan fingerprint density at radius 2 is 2.50 bits per heavy atom. The van der Waals surface area contributed by atoms with Gasteiger partial charge in [-0.25, -0.2) is 4.98 Å². The lowest BCUT2D eigenvalue weighted by molar-refractivity contribution is -0.119. The zero-order valence-corrected chi connectivity index (χ0v) is 9.73. The van der Waals surface area contributed by atoms with Crippen molar-refractivity contribution in [3.63, 3.8) is 0 Å². The number of amides is 1. The lowest BCUT2D eigenvalue weighted by Crippen LogP contribution is -2.51. The summed E-state index contributed by atoms with van der Waals surface area (Å²) in [5.74, 6) is 1.20. The van der Waals surface area contributed by atoms with Crippen molar-refractivity contribution in [2.24, 2.45) is 5.92 Å². The van der Waals surface area contributed by atoms with Gasteiger partial charge in [0.05, 0.1) is 6.04 Å². The molecule has 1 fully saturated rings. The molecule has 5 heteroatoms. The average Bonchev–Trinajstić information content (AvgIpc) is 2.48. The molecule has 0 unspecified atom stereocenters. The van der Waals surface area contributed by atoms with Crippen LogP contribution in [0.4, 0.5) is 5.95 Å². The molecule has 1 aromatic heterocycles. The second-order valence-corrected chi connectivity index (χ2v) is 4.58. The van der Waals surface area contributed by atoms with Gasteiger partial charge in [0.25, 0.3) is 0 Å². The van der Waals surface area contributed by atoms with Crippen LogP contribution in [-0.4, -0.2) is 28.0 Å². The molecule has 1 aliphatic heterocycles. The summed E-state index contributed by atoms with van der Waals surface area (Å²) < 4.78 is 1.97.